The second-order valence-corrected chi connectivity index (χ2v) is 5.76. The summed E-state index contributed by atoms with van der Waals surface area (Å²) in [4.78, 5) is 11.8. The molecule has 3 nitrogen and oxygen atoms in total. The van der Waals surface area contributed by atoms with Gasteiger partial charge in [-0.25, -0.2) is 0 Å². The lowest BCUT2D eigenvalue weighted by Crippen LogP contribution is -2.42. The molecule has 0 aromatic carbocycles. The van der Waals surface area contributed by atoms with Gasteiger partial charge in [0.1, 0.15) is 0 Å². The van der Waals surface area contributed by atoms with Gasteiger partial charge in [-0.05, 0) is 31.9 Å². The summed E-state index contributed by atoms with van der Waals surface area (Å²) in [5, 5.41) is 3.00. The molecule has 0 aromatic heterocycles. The second-order valence-electron chi connectivity index (χ2n) is 4.16. The molecule has 1 saturated heterocycles. The van der Waals surface area contributed by atoms with Crippen LogP contribution in [0.1, 0.15) is 26.2 Å². The fraction of sp³-hybridized carbons (Fsp3) is 0.889. The number of carbonyl (C=O) groups is 1. The largest absolute Gasteiger partial charge is 0.351 e. The van der Waals surface area contributed by atoms with Crippen molar-refractivity contribution < 1.29 is 4.79 Å². The molecule has 3 N–H and O–H groups in total. The van der Waals surface area contributed by atoms with Crippen molar-refractivity contribution in [2.24, 2.45) is 5.73 Å². The van der Waals surface area contributed by atoms with Crippen molar-refractivity contribution in [1.29, 1.82) is 0 Å². The van der Waals surface area contributed by atoms with Crippen molar-refractivity contribution in [3.63, 3.8) is 0 Å². The van der Waals surface area contributed by atoms with E-state index in [2.05, 4.69) is 5.32 Å². The molecular weight excluding hydrogens is 184 g/mol. The van der Waals surface area contributed by atoms with Crippen LogP contribution in [-0.4, -0.2) is 28.5 Å². The van der Waals surface area contributed by atoms with Crippen LogP contribution in [0.2, 0.25) is 0 Å². The molecule has 2 fully saturated rings. The number of rotatable bonds is 2. The first-order valence-corrected chi connectivity index (χ1v) is 5.81. The Morgan fingerprint density at radius 1 is 1.69 bits per heavy atom. The standard InChI is InChI=1S/C9H16N2OS/c1-9(3-2-4-13-9)8(12)11-7-5-6(7)10/h6-7H,2-5,10H2,1H3,(H,11,12). The summed E-state index contributed by atoms with van der Waals surface area (Å²) in [6, 6.07) is 0.462. The Hall–Kier alpha value is -0.220. The summed E-state index contributed by atoms with van der Waals surface area (Å²) in [6.45, 7) is 2.04. The zero-order valence-electron chi connectivity index (χ0n) is 7.88. The van der Waals surface area contributed by atoms with Crippen LogP contribution in [0.15, 0.2) is 0 Å². The molecule has 13 heavy (non-hydrogen) atoms. The fourth-order valence-corrected chi connectivity index (χ4v) is 2.88. The predicted molar refractivity (Wildman–Crippen MR) is 54.6 cm³/mol. The Labute approximate surface area is 82.8 Å². The van der Waals surface area contributed by atoms with Gasteiger partial charge in [-0.1, -0.05) is 0 Å². The highest BCUT2D eigenvalue weighted by Crippen LogP contribution is 2.38. The maximum absolute atomic E-state index is 11.8. The van der Waals surface area contributed by atoms with Crippen molar-refractivity contribution in [2.45, 2.75) is 43.0 Å². The fourth-order valence-electron chi connectivity index (χ4n) is 1.66. The Kier molecular flexibility index (Phi) is 2.28. The van der Waals surface area contributed by atoms with Crippen LogP contribution in [0.3, 0.4) is 0 Å². The average molecular weight is 200 g/mol. The maximum Gasteiger partial charge on any atom is 0.236 e. The minimum atomic E-state index is -0.178. The van der Waals surface area contributed by atoms with Gasteiger partial charge in [0.25, 0.3) is 0 Å². The van der Waals surface area contributed by atoms with E-state index in [0.29, 0.717) is 0 Å². The van der Waals surface area contributed by atoms with E-state index in [4.69, 9.17) is 5.73 Å². The summed E-state index contributed by atoms with van der Waals surface area (Å²) in [7, 11) is 0. The molecule has 0 radical (unpaired) electrons. The minimum Gasteiger partial charge on any atom is -0.351 e. The smallest absolute Gasteiger partial charge is 0.236 e. The van der Waals surface area contributed by atoms with Gasteiger partial charge in [0.05, 0.1) is 4.75 Å². The molecular formula is C9H16N2OS. The molecule has 1 amide bonds. The molecule has 2 aliphatic rings. The van der Waals surface area contributed by atoms with Crippen molar-refractivity contribution in [3.05, 3.63) is 0 Å². The zero-order chi connectivity index (χ0) is 9.47. The van der Waals surface area contributed by atoms with Gasteiger partial charge in [-0.3, -0.25) is 4.79 Å². The van der Waals surface area contributed by atoms with Gasteiger partial charge < -0.3 is 11.1 Å². The molecule has 0 bridgehead atoms. The number of hydrogen-bond acceptors (Lipinski definition) is 3. The third-order valence-electron chi connectivity index (χ3n) is 2.86. The SMILES string of the molecule is CC1(C(=O)NC2CC2N)CCCS1. The first-order valence-electron chi connectivity index (χ1n) is 4.82. The Morgan fingerprint density at radius 3 is 2.85 bits per heavy atom. The van der Waals surface area contributed by atoms with Crippen LogP contribution in [0, 0.1) is 0 Å². The molecule has 1 heterocycles. The number of thioether (sulfide) groups is 1. The van der Waals surface area contributed by atoms with E-state index in [9.17, 15) is 4.79 Å². The molecule has 1 aliphatic heterocycles. The lowest BCUT2D eigenvalue weighted by Gasteiger charge is -2.21. The molecule has 1 aliphatic carbocycles. The quantitative estimate of drug-likeness (QED) is 0.682. The Balaban J connectivity index is 1.88. The highest BCUT2D eigenvalue weighted by atomic mass is 32.2. The van der Waals surface area contributed by atoms with E-state index in [1.54, 1.807) is 11.8 Å². The van der Waals surface area contributed by atoms with Crippen LogP contribution >= 0.6 is 11.8 Å². The van der Waals surface area contributed by atoms with Crippen molar-refractivity contribution in [3.8, 4) is 0 Å². The van der Waals surface area contributed by atoms with E-state index in [1.807, 2.05) is 6.92 Å². The van der Waals surface area contributed by atoms with Gasteiger partial charge in [0, 0.05) is 12.1 Å². The molecule has 0 aromatic rings. The predicted octanol–water partition coefficient (Wildman–Crippen LogP) is 0.488. The lowest BCUT2D eigenvalue weighted by atomic mass is 10.1. The van der Waals surface area contributed by atoms with E-state index in [0.717, 1.165) is 25.0 Å². The van der Waals surface area contributed by atoms with E-state index >= 15 is 0 Å². The molecule has 3 unspecified atom stereocenters. The van der Waals surface area contributed by atoms with Crippen LogP contribution in [0.5, 0.6) is 0 Å². The van der Waals surface area contributed by atoms with Crippen molar-refractivity contribution in [2.75, 3.05) is 5.75 Å². The summed E-state index contributed by atoms with van der Waals surface area (Å²) in [6.07, 6.45) is 3.11. The summed E-state index contributed by atoms with van der Waals surface area (Å²) < 4.78 is -0.178. The summed E-state index contributed by atoms with van der Waals surface area (Å²) in [5.41, 5.74) is 5.64. The number of carbonyl (C=O) groups excluding carboxylic acids is 1. The highest BCUT2D eigenvalue weighted by molar-refractivity contribution is 8.01. The third kappa shape index (κ3) is 1.83. The minimum absolute atomic E-state index is 0.178. The van der Waals surface area contributed by atoms with Gasteiger partial charge in [0.2, 0.25) is 5.91 Å². The zero-order valence-corrected chi connectivity index (χ0v) is 8.69. The highest BCUT2D eigenvalue weighted by Gasteiger charge is 2.42. The first-order chi connectivity index (χ1) is 6.12. The third-order valence-corrected chi connectivity index (χ3v) is 4.37. The summed E-state index contributed by atoms with van der Waals surface area (Å²) >= 11 is 1.77. The van der Waals surface area contributed by atoms with Gasteiger partial charge in [-0.15, -0.1) is 11.8 Å². The Morgan fingerprint density at radius 2 is 2.38 bits per heavy atom. The van der Waals surface area contributed by atoms with E-state index in [1.165, 1.54) is 0 Å². The van der Waals surface area contributed by atoms with Crippen molar-refractivity contribution >= 4 is 17.7 Å². The number of nitrogens with one attached hydrogen (secondary N) is 1. The van der Waals surface area contributed by atoms with Crippen molar-refractivity contribution in [1.82, 2.24) is 5.32 Å². The number of hydrogen-bond donors (Lipinski definition) is 2. The van der Waals surface area contributed by atoms with Crippen LogP contribution < -0.4 is 11.1 Å². The van der Waals surface area contributed by atoms with Gasteiger partial charge in [-0.2, -0.15) is 0 Å². The lowest BCUT2D eigenvalue weighted by molar-refractivity contribution is -0.123. The van der Waals surface area contributed by atoms with E-state index in [-0.39, 0.29) is 22.7 Å². The maximum atomic E-state index is 11.8. The first kappa shape index (κ1) is 9.34. The molecule has 4 heteroatoms. The molecule has 3 atom stereocenters. The topological polar surface area (TPSA) is 55.1 Å². The normalized spacial score (nSPS) is 43.2. The van der Waals surface area contributed by atoms with E-state index < -0.39 is 0 Å². The number of amides is 1. The second kappa shape index (κ2) is 3.17. The number of nitrogens with two attached hydrogens (primary N) is 1. The van der Waals surface area contributed by atoms with Crippen LogP contribution in [0.25, 0.3) is 0 Å². The van der Waals surface area contributed by atoms with Gasteiger partial charge >= 0.3 is 0 Å². The van der Waals surface area contributed by atoms with Gasteiger partial charge in [0.15, 0.2) is 0 Å². The van der Waals surface area contributed by atoms with Crippen LogP contribution in [-0.2, 0) is 4.79 Å². The molecule has 0 spiro atoms. The Bertz CT molecular complexity index is 226. The average Bonchev–Trinajstić information content (AvgIpc) is 2.62. The monoisotopic (exact) mass is 200 g/mol. The molecule has 2 rings (SSSR count). The summed E-state index contributed by atoms with van der Waals surface area (Å²) in [5.74, 6) is 1.30. The molecule has 74 valence electrons. The molecule has 1 saturated carbocycles. The van der Waals surface area contributed by atoms with Crippen LogP contribution in [0.4, 0.5) is 0 Å².